The van der Waals surface area contributed by atoms with Gasteiger partial charge in [-0.1, -0.05) is 11.6 Å². The number of methoxy groups -OCH3 is 1. The van der Waals surface area contributed by atoms with Gasteiger partial charge in [0.15, 0.2) is 0 Å². The molecule has 0 saturated carbocycles. The van der Waals surface area contributed by atoms with Crippen LogP contribution in [0.15, 0.2) is 6.20 Å². The van der Waals surface area contributed by atoms with Gasteiger partial charge in [-0.25, -0.2) is 4.98 Å². The van der Waals surface area contributed by atoms with Crippen molar-refractivity contribution in [3.8, 4) is 0 Å². The molecule has 1 heterocycles. The molecule has 0 aliphatic rings. The molecule has 0 amide bonds. The second kappa shape index (κ2) is 6.85. The highest BCUT2D eigenvalue weighted by Crippen LogP contribution is 2.20. The van der Waals surface area contributed by atoms with E-state index in [1.54, 1.807) is 7.11 Å². The highest BCUT2D eigenvalue weighted by Gasteiger charge is 2.11. The molecule has 0 spiro atoms. The van der Waals surface area contributed by atoms with Crippen molar-refractivity contribution >= 4 is 29.0 Å². The Labute approximate surface area is 104 Å². The summed E-state index contributed by atoms with van der Waals surface area (Å²) in [5.41, 5.74) is 0. The molecular weight excluding hydrogens is 253 g/mol. The van der Waals surface area contributed by atoms with E-state index in [2.05, 4.69) is 15.3 Å². The van der Waals surface area contributed by atoms with Crippen LogP contribution in [0.3, 0.4) is 0 Å². The summed E-state index contributed by atoms with van der Waals surface area (Å²) < 4.78 is 5.01. The molecule has 7 heteroatoms. The van der Waals surface area contributed by atoms with Crippen molar-refractivity contribution in [3.05, 3.63) is 16.5 Å². The second-order valence-corrected chi connectivity index (χ2v) is 3.89. The number of nitrogens with one attached hydrogen (secondary N) is 1. The van der Waals surface area contributed by atoms with Crippen molar-refractivity contribution in [2.24, 2.45) is 0 Å². The highest BCUT2D eigenvalue weighted by atomic mass is 35.5. The molecule has 0 bridgehead atoms. The van der Waals surface area contributed by atoms with E-state index in [9.17, 15) is 0 Å². The standard InChI is InChI=1S/C9H13Cl2N3O2/c1-16-5-6(2-3-15)13-8-7(10)4-12-9(11)14-8/h4,6,15H,2-3,5H2,1H3,(H,12,13,14). The summed E-state index contributed by atoms with van der Waals surface area (Å²) in [5.74, 6) is 0.442. The summed E-state index contributed by atoms with van der Waals surface area (Å²) in [6, 6.07) is -0.0709. The van der Waals surface area contributed by atoms with Crippen LogP contribution in [0.5, 0.6) is 0 Å². The Morgan fingerprint density at radius 3 is 2.94 bits per heavy atom. The van der Waals surface area contributed by atoms with E-state index in [0.717, 1.165) is 0 Å². The lowest BCUT2D eigenvalue weighted by atomic mass is 10.2. The molecule has 1 atom stereocenters. The number of rotatable bonds is 6. The Hall–Kier alpha value is -0.620. The van der Waals surface area contributed by atoms with Gasteiger partial charge in [-0.15, -0.1) is 0 Å². The largest absolute Gasteiger partial charge is 0.396 e. The molecule has 1 rings (SSSR count). The van der Waals surface area contributed by atoms with Crippen LogP contribution in [-0.4, -0.2) is 41.4 Å². The molecular formula is C9H13Cl2N3O2. The monoisotopic (exact) mass is 265 g/mol. The van der Waals surface area contributed by atoms with E-state index in [0.29, 0.717) is 23.9 Å². The Bertz CT molecular complexity index is 333. The topological polar surface area (TPSA) is 67.3 Å². The third-order valence-corrected chi connectivity index (χ3v) is 2.36. The number of aliphatic hydroxyl groups excluding tert-OH is 1. The number of aromatic nitrogens is 2. The lowest BCUT2D eigenvalue weighted by Crippen LogP contribution is -2.26. The van der Waals surface area contributed by atoms with Gasteiger partial charge in [-0.3, -0.25) is 0 Å². The van der Waals surface area contributed by atoms with Crippen LogP contribution < -0.4 is 5.32 Å². The van der Waals surface area contributed by atoms with Gasteiger partial charge in [0.05, 0.1) is 18.8 Å². The van der Waals surface area contributed by atoms with Crippen LogP contribution in [0.1, 0.15) is 6.42 Å². The maximum absolute atomic E-state index is 8.88. The molecule has 0 saturated heterocycles. The van der Waals surface area contributed by atoms with Gasteiger partial charge < -0.3 is 15.2 Å². The van der Waals surface area contributed by atoms with Crippen LogP contribution >= 0.6 is 23.2 Å². The molecule has 1 aromatic heterocycles. The fourth-order valence-electron chi connectivity index (χ4n) is 1.19. The minimum atomic E-state index is -0.0709. The van der Waals surface area contributed by atoms with Crippen molar-refractivity contribution in [1.82, 2.24) is 9.97 Å². The summed E-state index contributed by atoms with van der Waals surface area (Å²) in [6.45, 7) is 0.496. The quantitative estimate of drug-likeness (QED) is 0.765. The van der Waals surface area contributed by atoms with Crippen LogP contribution in [0.4, 0.5) is 5.82 Å². The molecule has 1 unspecified atom stereocenters. The number of hydrogen-bond acceptors (Lipinski definition) is 5. The van der Waals surface area contributed by atoms with Crippen molar-refractivity contribution < 1.29 is 9.84 Å². The smallest absolute Gasteiger partial charge is 0.224 e. The predicted octanol–water partition coefficient (Wildman–Crippen LogP) is 1.59. The highest BCUT2D eigenvalue weighted by molar-refractivity contribution is 6.33. The van der Waals surface area contributed by atoms with E-state index >= 15 is 0 Å². The van der Waals surface area contributed by atoms with Gasteiger partial charge in [0, 0.05) is 13.7 Å². The number of ether oxygens (including phenoxy) is 1. The molecule has 0 aliphatic carbocycles. The van der Waals surface area contributed by atoms with Crippen molar-refractivity contribution in [2.75, 3.05) is 25.6 Å². The zero-order valence-electron chi connectivity index (χ0n) is 8.78. The lowest BCUT2D eigenvalue weighted by molar-refractivity contribution is 0.170. The third-order valence-electron chi connectivity index (χ3n) is 1.90. The summed E-state index contributed by atoms with van der Waals surface area (Å²) in [5, 5.41) is 12.4. The van der Waals surface area contributed by atoms with Gasteiger partial charge in [0.2, 0.25) is 5.28 Å². The number of anilines is 1. The van der Waals surface area contributed by atoms with Crippen LogP contribution in [-0.2, 0) is 4.74 Å². The van der Waals surface area contributed by atoms with Gasteiger partial charge in [0.25, 0.3) is 0 Å². The van der Waals surface area contributed by atoms with E-state index in [4.69, 9.17) is 33.0 Å². The van der Waals surface area contributed by atoms with Crippen molar-refractivity contribution in [2.45, 2.75) is 12.5 Å². The molecule has 0 aliphatic heterocycles. The Morgan fingerprint density at radius 1 is 1.56 bits per heavy atom. The van der Waals surface area contributed by atoms with Gasteiger partial charge >= 0.3 is 0 Å². The number of halogens is 2. The van der Waals surface area contributed by atoms with Crippen LogP contribution in [0, 0.1) is 0 Å². The predicted molar refractivity (Wildman–Crippen MR) is 63.0 cm³/mol. The second-order valence-electron chi connectivity index (χ2n) is 3.14. The zero-order chi connectivity index (χ0) is 12.0. The number of aliphatic hydroxyl groups is 1. The average Bonchev–Trinajstić information content (AvgIpc) is 2.24. The molecule has 90 valence electrons. The lowest BCUT2D eigenvalue weighted by Gasteiger charge is -2.17. The minimum Gasteiger partial charge on any atom is -0.396 e. The van der Waals surface area contributed by atoms with E-state index in [1.165, 1.54) is 6.20 Å². The Balaban J connectivity index is 2.71. The molecule has 1 aromatic rings. The van der Waals surface area contributed by atoms with Gasteiger partial charge in [-0.05, 0) is 18.0 Å². The minimum absolute atomic E-state index is 0.0530. The maximum Gasteiger partial charge on any atom is 0.224 e. The van der Waals surface area contributed by atoms with E-state index in [-0.39, 0.29) is 17.9 Å². The molecule has 0 aromatic carbocycles. The van der Waals surface area contributed by atoms with Gasteiger partial charge in [0.1, 0.15) is 10.8 Å². The number of hydrogen-bond donors (Lipinski definition) is 2. The summed E-state index contributed by atoms with van der Waals surface area (Å²) in [4.78, 5) is 7.69. The maximum atomic E-state index is 8.88. The summed E-state index contributed by atoms with van der Waals surface area (Å²) >= 11 is 11.5. The van der Waals surface area contributed by atoms with E-state index < -0.39 is 0 Å². The van der Waals surface area contributed by atoms with Crippen LogP contribution in [0.25, 0.3) is 0 Å². The Kier molecular flexibility index (Phi) is 5.76. The first-order chi connectivity index (χ1) is 7.67. The average molecular weight is 266 g/mol. The van der Waals surface area contributed by atoms with Crippen molar-refractivity contribution in [3.63, 3.8) is 0 Å². The summed E-state index contributed by atoms with van der Waals surface area (Å²) in [7, 11) is 1.58. The first-order valence-corrected chi connectivity index (χ1v) is 5.47. The molecule has 5 nitrogen and oxygen atoms in total. The fourth-order valence-corrected chi connectivity index (χ4v) is 1.47. The van der Waals surface area contributed by atoms with E-state index in [1.807, 2.05) is 0 Å². The molecule has 0 fully saturated rings. The zero-order valence-corrected chi connectivity index (χ0v) is 10.3. The first kappa shape index (κ1) is 13.4. The normalized spacial score (nSPS) is 12.5. The third kappa shape index (κ3) is 4.09. The Morgan fingerprint density at radius 2 is 2.31 bits per heavy atom. The fraction of sp³-hybridized carbons (Fsp3) is 0.556. The first-order valence-electron chi connectivity index (χ1n) is 4.71. The van der Waals surface area contributed by atoms with Gasteiger partial charge in [-0.2, -0.15) is 4.98 Å². The molecule has 16 heavy (non-hydrogen) atoms. The SMILES string of the molecule is COCC(CCO)Nc1nc(Cl)ncc1Cl. The summed E-state index contributed by atoms with van der Waals surface area (Å²) in [6.07, 6.45) is 1.95. The van der Waals surface area contributed by atoms with Crippen molar-refractivity contribution in [1.29, 1.82) is 0 Å². The number of nitrogens with zero attached hydrogens (tertiary/aromatic N) is 2. The molecule has 0 radical (unpaired) electrons. The van der Waals surface area contributed by atoms with Crippen LogP contribution in [0.2, 0.25) is 10.3 Å². The molecule has 2 N–H and O–H groups in total.